The fourth-order valence-corrected chi connectivity index (χ4v) is 5.77. The third kappa shape index (κ3) is 10.5. The van der Waals surface area contributed by atoms with Crippen LogP contribution < -0.4 is 11.1 Å². The first-order chi connectivity index (χ1) is 22.0. The number of alkyl halides is 3. The molecule has 17 heteroatoms. The molecule has 1 aliphatic rings. The van der Waals surface area contributed by atoms with Crippen LogP contribution in [0.3, 0.4) is 0 Å². The molecule has 1 saturated heterocycles. The van der Waals surface area contributed by atoms with Gasteiger partial charge in [-0.3, -0.25) is 4.79 Å². The minimum Gasteiger partial charge on any atom is -0.508 e. The van der Waals surface area contributed by atoms with Crippen molar-refractivity contribution >= 4 is 46.1 Å². The highest BCUT2D eigenvalue weighted by atomic mass is 32.1. The highest BCUT2D eigenvalue weighted by Gasteiger charge is 2.40. The summed E-state index contributed by atoms with van der Waals surface area (Å²) < 4.78 is 38.4. The summed E-state index contributed by atoms with van der Waals surface area (Å²) in [6, 6.07) is 11.9. The van der Waals surface area contributed by atoms with E-state index in [1.54, 1.807) is 30.3 Å². The van der Waals surface area contributed by atoms with E-state index in [0.29, 0.717) is 24.0 Å². The summed E-state index contributed by atoms with van der Waals surface area (Å²) >= 11 is 0.961. The molecule has 2 heterocycles. The van der Waals surface area contributed by atoms with Gasteiger partial charge in [-0.2, -0.15) is 27.9 Å². The lowest BCUT2D eigenvalue weighted by Gasteiger charge is -2.38. The van der Waals surface area contributed by atoms with E-state index < -0.39 is 36.1 Å². The van der Waals surface area contributed by atoms with Crippen molar-refractivity contribution in [3.8, 4) is 11.5 Å². The number of aromatic nitrogens is 1. The number of phenolic OH excluding ortho intramolecular Hbond substituents is 2. The zero-order chi connectivity index (χ0) is 34.9. The third-order valence-corrected chi connectivity index (χ3v) is 8.01. The van der Waals surface area contributed by atoms with Gasteiger partial charge in [-0.1, -0.05) is 35.6 Å². The number of hydrogen-bond acceptors (Lipinski definition) is 9. The molecule has 13 nitrogen and oxygen atoms in total. The number of thiazole rings is 1. The van der Waals surface area contributed by atoms with E-state index in [1.807, 2.05) is 6.07 Å². The maximum Gasteiger partial charge on any atom is 0.498 e. The Morgan fingerprint density at radius 3 is 2.34 bits per heavy atom. The fourth-order valence-electron chi connectivity index (χ4n) is 5.05. The van der Waals surface area contributed by atoms with Crippen molar-refractivity contribution < 1.29 is 61.5 Å². The van der Waals surface area contributed by atoms with Crippen molar-refractivity contribution in [2.24, 2.45) is 5.73 Å². The normalized spacial score (nSPS) is 17.8. The molecule has 1 aromatic heterocycles. The number of anilines is 1. The van der Waals surface area contributed by atoms with Crippen LogP contribution >= 0.6 is 11.3 Å². The number of hydrogen-bond donors (Lipinski definition) is 5. The van der Waals surface area contributed by atoms with Crippen molar-refractivity contribution in [3.63, 3.8) is 0 Å². The largest absolute Gasteiger partial charge is 0.508 e. The molecule has 1 unspecified atom stereocenters. The second kappa shape index (κ2) is 15.5. The number of piperidine rings is 1. The fraction of sp³-hybridized carbons (Fsp3) is 0.333. The van der Waals surface area contributed by atoms with E-state index in [1.165, 1.54) is 30.0 Å². The summed E-state index contributed by atoms with van der Waals surface area (Å²) in [4.78, 5) is 51.8. The molecule has 0 aliphatic carbocycles. The van der Waals surface area contributed by atoms with Gasteiger partial charge < -0.3 is 30.3 Å². The number of carboxylic acid groups (broad SMARTS) is 1. The molecule has 3 amide bonds. The number of carbonyl (C=O) groups is 4. The number of urea groups is 1. The Kier molecular flexibility index (Phi) is 12.0. The van der Waals surface area contributed by atoms with Gasteiger partial charge in [-0.05, 0) is 29.8 Å². The molecule has 0 radical (unpaired) electrons. The number of phenols is 2. The first-order valence-electron chi connectivity index (χ1n) is 14.0. The predicted molar refractivity (Wildman–Crippen MR) is 163 cm³/mol. The number of aromatic hydroxyl groups is 2. The van der Waals surface area contributed by atoms with Crippen molar-refractivity contribution in [3.05, 3.63) is 70.7 Å². The smallest absolute Gasteiger partial charge is 0.498 e. The van der Waals surface area contributed by atoms with E-state index in [4.69, 9.17) is 20.4 Å². The highest BCUT2D eigenvalue weighted by molar-refractivity contribution is 7.17. The van der Waals surface area contributed by atoms with Crippen molar-refractivity contribution in [1.82, 2.24) is 4.98 Å². The quantitative estimate of drug-likeness (QED) is 0.135. The number of carbonyl (C=O) groups excluding carboxylic acids is 3. The van der Waals surface area contributed by atoms with Crippen molar-refractivity contribution in [2.45, 2.75) is 38.0 Å². The molecule has 0 saturated carbocycles. The Morgan fingerprint density at radius 2 is 1.77 bits per heavy atom. The van der Waals surface area contributed by atoms with Crippen molar-refractivity contribution in [2.75, 3.05) is 32.6 Å². The summed E-state index contributed by atoms with van der Waals surface area (Å²) in [5.74, 6) is -3.74. The first-order valence-corrected chi connectivity index (χ1v) is 14.8. The number of aliphatic carboxylic acids is 1. The Morgan fingerprint density at radius 1 is 1.11 bits per heavy atom. The molecule has 3 aromatic rings. The van der Waals surface area contributed by atoms with Crippen LogP contribution in [0, 0.1) is 0 Å². The van der Waals surface area contributed by atoms with E-state index in [0.717, 1.165) is 41.1 Å². The molecule has 1 fully saturated rings. The topological polar surface area (TPSA) is 192 Å². The number of ether oxygens (including phenoxy) is 1. The number of rotatable bonds is 8. The van der Waals surface area contributed by atoms with Crippen molar-refractivity contribution in [1.29, 1.82) is 0 Å². The molecule has 47 heavy (non-hydrogen) atoms. The first kappa shape index (κ1) is 36.4. The van der Waals surface area contributed by atoms with Gasteiger partial charge >= 0.3 is 24.1 Å². The molecule has 0 spiro atoms. The molecule has 2 atom stereocenters. The minimum atomic E-state index is -5.08. The van der Waals surface area contributed by atoms with Crippen LogP contribution in [-0.2, 0) is 27.3 Å². The number of nitrogens with zero attached hydrogens (tertiary/aromatic N) is 3. The van der Waals surface area contributed by atoms with Gasteiger partial charge in [0.1, 0.15) is 35.2 Å². The van der Waals surface area contributed by atoms with Crippen LogP contribution in [0.5, 0.6) is 11.5 Å². The molecule has 2 aromatic carbocycles. The van der Waals surface area contributed by atoms with Crippen LogP contribution in [0.25, 0.3) is 0 Å². The van der Waals surface area contributed by atoms with Gasteiger partial charge in [0.25, 0.3) is 11.0 Å². The average Bonchev–Trinajstić information content (AvgIpc) is 3.45. The Hall–Kier alpha value is -5.03. The lowest BCUT2D eigenvalue weighted by molar-refractivity contribution is -0.918. The number of esters is 1. The number of halogens is 3. The van der Waals surface area contributed by atoms with Crippen LogP contribution in [0.1, 0.15) is 33.6 Å². The number of carboxylic acids is 1. The number of amides is 3. The van der Waals surface area contributed by atoms with E-state index in [-0.39, 0.29) is 27.9 Å². The Bertz CT molecular complexity index is 1640. The van der Waals surface area contributed by atoms with Crippen LogP contribution in [0.4, 0.5) is 23.1 Å². The van der Waals surface area contributed by atoms with Gasteiger partial charge in [0.2, 0.25) is 0 Å². The van der Waals surface area contributed by atoms with Crippen LogP contribution in [-0.4, -0.2) is 98.4 Å². The SMILES string of the molecule is COC(=O)c1cnc(NC(=O)/[N+](=C2/CCC[N+](C)(Cc3cccc(O)c3)C2)[C@@H](Cc2ccc(O)cc2)C(N)=O)s1.O=C(O)C(F)(F)F. The second-order valence-corrected chi connectivity index (χ2v) is 11.9. The number of primary amides is 1. The zero-order valence-corrected chi connectivity index (χ0v) is 26.2. The molecule has 4 rings (SSSR count). The lowest BCUT2D eigenvalue weighted by atomic mass is 10.0. The standard InChI is InChI=1S/C28H31N5O6S.C2HF3O2/c1-33(16-19-5-3-7-22(35)13-19)12-4-6-20(17-33)32(23(25(29)36)14-18-8-10-21(34)11-9-18)28(38)31-27-30-15-24(40-27)26(37)39-2;3-2(4,5)1(6)7/h3,5,7-11,13,15,23H,4,6,12,14,16-17H2,1-2H3,(H3-2,29,30,31,34,35,36,37,38);(H,6,7)/p+2/b32-20-;/t23-,33?;/m0./s1. The van der Waals surface area contributed by atoms with Gasteiger partial charge in [-0.25, -0.2) is 14.6 Å². The number of nitrogens with two attached hydrogens (primary N) is 1. The molecule has 6 N–H and O–H groups in total. The van der Waals surface area contributed by atoms with Gasteiger partial charge in [0.15, 0.2) is 6.04 Å². The Labute approximate surface area is 270 Å². The third-order valence-electron chi connectivity index (χ3n) is 7.12. The number of benzene rings is 2. The lowest BCUT2D eigenvalue weighted by Crippen LogP contribution is -2.56. The molecule has 1 aliphatic heterocycles. The molecular formula is C30H34F3N5O8S+2. The maximum atomic E-state index is 13.8. The molecule has 252 valence electrons. The summed E-state index contributed by atoms with van der Waals surface area (Å²) in [6.07, 6.45) is -2.29. The average molecular weight is 682 g/mol. The molecular weight excluding hydrogens is 647 g/mol. The van der Waals surface area contributed by atoms with E-state index in [2.05, 4.69) is 17.3 Å². The number of quaternary nitrogens is 1. The van der Waals surface area contributed by atoms with Crippen LogP contribution in [0.15, 0.2) is 54.7 Å². The summed E-state index contributed by atoms with van der Waals surface area (Å²) in [6.45, 7) is 1.91. The molecule has 0 bridgehead atoms. The summed E-state index contributed by atoms with van der Waals surface area (Å²) in [7, 11) is 3.33. The zero-order valence-electron chi connectivity index (χ0n) is 25.4. The number of likely N-dealkylation sites (tertiary alicyclic amines) is 1. The summed E-state index contributed by atoms with van der Waals surface area (Å²) in [5, 5.41) is 29.7. The second-order valence-electron chi connectivity index (χ2n) is 10.9. The predicted octanol–water partition coefficient (Wildman–Crippen LogP) is 3.50. The van der Waals surface area contributed by atoms with E-state index >= 15 is 0 Å². The van der Waals surface area contributed by atoms with Crippen LogP contribution in [0.2, 0.25) is 0 Å². The number of nitrogens with one attached hydrogen (secondary N) is 1. The monoisotopic (exact) mass is 681 g/mol. The van der Waals surface area contributed by atoms with Gasteiger partial charge in [0.05, 0.1) is 26.9 Å². The maximum absolute atomic E-state index is 13.8. The van der Waals surface area contributed by atoms with Gasteiger partial charge in [0, 0.05) is 24.8 Å². The minimum absolute atomic E-state index is 0.0841. The number of methoxy groups -OCH3 is 1. The highest BCUT2D eigenvalue weighted by Crippen LogP contribution is 2.24. The Balaban J connectivity index is 0.000000771. The summed E-state index contributed by atoms with van der Waals surface area (Å²) in [5.41, 5.74) is 8.30. The van der Waals surface area contributed by atoms with E-state index in [9.17, 15) is 37.8 Å². The van der Waals surface area contributed by atoms with Gasteiger partial charge in [-0.15, -0.1) is 0 Å².